The molecule has 0 spiro atoms. The summed E-state index contributed by atoms with van der Waals surface area (Å²) in [5.41, 5.74) is 1.67. The highest BCUT2D eigenvalue weighted by molar-refractivity contribution is 6.32. The number of aryl methyl sites for hydroxylation is 1. The van der Waals surface area contributed by atoms with Gasteiger partial charge in [0.15, 0.2) is 11.5 Å². The molecule has 23 heavy (non-hydrogen) atoms. The van der Waals surface area contributed by atoms with E-state index < -0.39 is 0 Å². The third-order valence-electron chi connectivity index (χ3n) is 3.51. The van der Waals surface area contributed by atoms with Gasteiger partial charge in [-0.2, -0.15) is 0 Å². The van der Waals surface area contributed by atoms with Crippen LogP contribution in [0.1, 0.15) is 12.0 Å². The molecule has 6 heteroatoms. The normalized spacial score (nSPS) is 12.1. The molecule has 0 fully saturated rings. The largest absolute Gasteiger partial charge is 0.495 e. The molecule has 0 atom stereocenters. The highest BCUT2D eigenvalue weighted by atomic mass is 35.5. The molecule has 3 rings (SSSR count). The zero-order valence-electron chi connectivity index (χ0n) is 12.6. The summed E-state index contributed by atoms with van der Waals surface area (Å²) in [7, 11) is 1.55. The van der Waals surface area contributed by atoms with Gasteiger partial charge in [0.05, 0.1) is 12.1 Å². The van der Waals surface area contributed by atoms with Gasteiger partial charge < -0.3 is 19.5 Å². The van der Waals surface area contributed by atoms with Crippen molar-refractivity contribution in [1.82, 2.24) is 0 Å². The number of hydrogen-bond donors (Lipinski definition) is 1. The first-order valence-electron chi connectivity index (χ1n) is 7.17. The van der Waals surface area contributed by atoms with Gasteiger partial charge in [-0.1, -0.05) is 17.7 Å². The van der Waals surface area contributed by atoms with Crippen molar-refractivity contribution in [3.05, 3.63) is 47.0 Å². The van der Waals surface area contributed by atoms with Crippen LogP contribution in [0, 0.1) is 0 Å². The smallest absolute Gasteiger partial charge is 0.231 e. The monoisotopic (exact) mass is 333 g/mol. The highest BCUT2D eigenvalue weighted by Gasteiger charge is 2.13. The van der Waals surface area contributed by atoms with Gasteiger partial charge >= 0.3 is 0 Å². The number of carbonyl (C=O) groups excluding carboxylic acids is 1. The van der Waals surface area contributed by atoms with E-state index in [0.29, 0.717) is 29.3 Å². The minimum absolute atomic E-state index is 0.0797. The Morgan fingerprint density at radius 1 is 1.22 bits per heavy atom. The van der Waals surface area contributed by atoms with Crippen LogP contribution >= 0.6 is 11.6 Å². The van der Waals surface area contributed by atoms with Gasteiger partial charge in [0.2, 0.25) is 12.7 Å². The third kappa shape index (κ3) is 3.68. The average molecular weight is 334 g/mol. The predicted molar refractivity (Wildman–Crippen MR) is 87.5 cm³/mol. The number of rotatable bonds is 5. The maximum atomic E-state index is 12.0. The van der Waals surface area contributed by atoms with E-state index in [4.69, 9.17) is 25.8 Å². The number of anilines is 1. The SMILES string of the molecule is COc1ccc(NC(=O)CCc2ccc3c(c2)OCO3)cc1Cl. The van der Waals surface area contributed by atoms with Crippen molar-refractivity contribution in [3.63, 3.8) is 0 Å². The van der Waals surface area contributed by atoms with E-state index in [1.54, 1.807) is 25.3 Å². The molecule has 0 unspecified atom stereocenters. The standard InChI is InChI=1S/C17H16ClNO4/c1-21-14-6-4-12(9-13(14)18)19-17(20)7-3-11-2-5-15-16(8-11)23-10-22-15/h2,4-6,8-9H,3,7,10H2,1H3,(H,19,20). The molecule has 2 aromatic carbocycles. The maximum absolute atomic E-state index is 12.0. The highest BCUT2D eigenvalue weighted by Crippen LogP contribution is 2.33. The number of fused-ring (bicyclic) bond motifs is 1. The molecule has 0 saturated heterocycles. The van der Waals surface area contributed by atoms with Gasteiger partial charge in [-0.3, -0.25) is 4.79 Å². The number of halogens is 1. The number of methoxy groups -OCH3 is 1. The lowest BCUT2D eigenvalue weighted by Crippen LogP contribution is -2.12. The minimum atomic E-state index is -0.0797. The second kappa shape index (κ2) is 6.79. The Labute approximate surface area is 139 Å². The molecule has 0 bridgehead atoms. The zero-order valence-corrected chi connectivity index (χ0v) is 13.4. The Kier molecular flexibility index (Phi) is 4.57. The summed E-state index contributed by atoms with van der Waals surface area (Å²) in [5.74, 6) is 1.96. The van der Waals surface area contributed by atoms with Crippen molar-refractivity contribution in [2.45, 2.75) is 12.8 Å². The molecule has 1 amide bonds. The van der Waals surface area contributed by atoms with E-state index >= 15 is 0 Å². The van der Waals surface area contributed by atoms with Crippen molar-refractivity contribution in [3.8, 4) is 17.2 Å². The van der Waals surface area contributed by atoms with E-state index in [-0.39, 0.29) is 12.7 Å². The molecular weight excluding hydrogens is 318 g/mol. The fraction of sp³-hybridized carbons (Fsp3) is 0.235. The number of amides is 1. The van der Waals surface area contributed by atoms with Crippen molar-refractivity contribution >= 4 is 23.2 Å². The van der Waals surface area contributed by atoms with Gasteiger partial charge in [-0.15, -0.1) is 0 Å². The minimum Gasteiger partial charge on any atom is -0.495 e. The van der Waals surface area contributed by atoms with Gasteiger partial charge in [0.1, 0.15) is 5.75 Å². The lowest BCUT2D eigenvalue weighted by molar-refractivity contribution is -0.116. The lowest BCUT2D eigenvalue weighted by Gasteiger charge is -2.08. The predicted octanol–water partition coefficient (Wildman–Crippen LogP) is 3.65. The Morgan fingerprint density at radius 3 is 2.83 bits per heavy atom. The zero-order chi connectivity index (χ0) is 16.2. The Bertz CT molecular complexity index is 733. The summed E-state index contributed by atoms with van der Waals surface area (Å²) >= 11 is 6.04. The topological polar surface area (TPSA) is 56.8 Å². The van der Waals surface area contributed by atoms with Gasteiger partial charge in [-0.25, -0.2) is 0 Å². The first-order valence-corrected chi connectivity index (χ1v) is 7.55. The van der Waals surface area contributed by atoms with Crippen molar-refractivity contribution in [1.29, 1.82) is 0 Å². The molecule has 2 aromatic rings. The molecule has 1 heterocycles. The molecule has 5 nitrogen and oxygen atoms in total. The van der Waals surface area contributed by atoms with Crippen LogP contribution in [0.3, 0.4) is 0 Å². The summed E-state index contributed by atoms with van der Waals surface area (Å²) in [5, 5.41) is 3.28. The number of nitrogens with one attached hydrogen (secondary N) is 1. The van der Waals surface area contributed by atoms with E-state index in [9.17, 15) is 4.79 Å². The second-order valence-electron chi connectivity index (χ2n) is 5.09. The average Bonchev–Trinajstić information content (AvgIpc) is 3.01. The molecule has 0 saturated carbocycles. The van der Waals surface area contributed by atoms with Crippen LogP contribution in [0.2, 0.25) is 5.02 Å². The van der Waals surface area contributed by atoms with Crippen LogP contribution in [0.5, 0.6) is 17.2 Å². The van der Waals surface area contributed by atoms with Crippen LogP contribution in [0.25, 0.3) is 0 Å². The number of ether oxygens (including phenoxy) is 3. The van der Waals surface area contributed by atoms with Crippen LogP contribution in [-0.4, -0.2) is 19.8 Å². The lowest BCUT2D eigenvalue weighted by atomic mass is 10.1. The number of hydrogen-bond acceptors (Lipinski definition) is 4. The van der Waals surface area contributed by atoms with E-state index in [1.807, 2.05) is 18.2 Å². The molecule has 1 aliphatic heterocycles. The Balaban J connectivity index is 1.56. The molecule has 0 radical (unpaired) electrons. The summed E-state index contributed by atoms with van der Waals surface area (Å²) in [4.78, 5) is 12.0. The van der Waals surface area contributed by atoms with Gasteiger partial charge in [-0.05, 0) is 42.3 Å². The van der Waals surface area contributed by atoms with Crippen molar-refractivity contribution in [2.24, 2.45) is 0 Å². The number of benzene rings is 2. The van der Waals surface area contributed by atoms with Crippen LogP contribution in [0.4, 0.5) is 5.69 Å². The summed E-state index contributed by atoms with van der Waals surface area (Å²) < 4.78 is 15.7. The van der Waals surface area contributed by atoms with Gasteiger partial charge in [0, 0.05) is 12.1 Å². The summed E-state index contributed by atoms with van der Waals surface area (Å²) in [6.07, 6.45) is 0.982. The third-order valence-corrected chi connectivity index (χ3v) is 3.81. The van der Waals surface area contributed by atoms with Crippen LogP contribution in [0.15, 0.2) is 36.4 Å². The van der Waals surface area contributed by atoms with Crippen molar-refractivity contribution in [2.75, 3.05) is 19.2 Å². The van der Waals surface area contributed by atoms with Crippen molar-refractivity contribution < 1.29 is 19.0 Å². The quantitative estimate of drug-likeness (QED) is 0.907. The van der Waals surface area contributed by atoms with Crippen LogP contribution < -0.4 is 19.5 Å². The Hall–Kier alpha value is -2.40. The maximum Gasteiger partial charge on any atom is 0.231 e. The number of carbonyl (C=O) groups is 1. The molecule has 1 aliphatic rings. The molecular formula is C17H16ClNO4. The van der Waals surface area contributed by atoms with E-state index in [0.717, 1.165) is 17.1 Å². The first kappa shape index (κ1) is 15.5. The fourth-order valence-corrected chi connectivity index (χ4v) is 2.58. The second-order valence-corrected chi connectivity index (χ2v) is 5.49. The van der Waals surface area contributed by atoms with Gasteiger partial charge in [0.25, 0.3) is 0 Å². The fourth-order valence-electron chi connectivity index (χ4n) is 2.32. The van der Waals surface area contributed by atoms with E-state index in [1.165, 1.54) is 0 Å². The first-order chi connectivity index (χ1) is 11.2. The molecule has 1 N–H and O–H groups in total. The Morgan fingerprint density at radius 2 is 2.04 bits per heavy atom. The molecule has 0 aromatic heterocycles. The molecule has 0 aliphatic carbocycles. The summed E-state index contributed by atoms with van der Waals surface area (Å²) in [6, 6.07) is 10.8. The summed E-state index contributed by atoms with van der Waals surface area (Å²) in [6.45, 7) is 0.248. The van der Waals surface area contributed by atoms with E-state index in [2.05, 4.69) is 5.32 Å². The van der Waals surface area contributed by atoms with Crippen LogP contribution in [-0.2, 0) is 11.2 Å². The molecule has 120 valence electrons.